The molecule has 0 aromatic carbocycles. The maximum Gasteiger partial charge on any atom is 0.325 e. The fourth-order valence-corrected chi connectivity index (χ4v) is 1.16. The van der Waals surface area contributed by atoms with Crippen LogP contribution in [0.3, 0.4) is 0 Å². The molecule has 0 fully saturated rings. The highest BCUT2D eigenvalue weighted by molar-refractivity contribution is 5.66. The number of nitrogens with zero attached hydrogens (tertiary/aromatic N) is 3. The van der Waals surface area contributed by atoms with Crippen molar-refractivity contribution < 1.29 is 9.90 Å². The van der Waals surface area contributed by atoms with Gasteiger partial charge in [-0.15, -0.1) is 5.10 Å². The van der Waals surface area contributed by atoms with Crippen LogP contribution in [0.2, 0.25) is 0 Å². The fourth-order valence-electron chi connectivity index (χ4n) is 1.16. The molecule has 0 radical (unpaired) electrons. The lowest BCUT2D eigenvalue weighted by molar-refractivity contribution is -0.137. The van der Waals surface area contributed by atoms with E-state index in [1.807, 2.05) is 6.92 Å². The third kappa shape index (κ3) is 2.81. The van der Waals surface area contributed by atoms with Crippen molar-refractivity contribution in [1.29, 1.82) is 0 Å². The largest absolute Gasteiger partial charge is 0.480 e. The van der Waals surface area contributed by atoms with E-state index in [9.17, 15) is 4.79 Å². The molecule has 0 amide bonds. The van der Waals surface area contributed by atoms with E-state index in [1.165, 1.54) is 4.68 Å². The Labute approximate surface area is 81.7 Å². The molecule has 1 rings (SSSR count). The molecule has 6 heteroatoms. The van der Waals surface area contributed by atoms with Gasteiger partial charge in [-0.05, 0) is 6.42 Å². The van der Waals surface area contributed by atoms with Crippen LogP contribution in [0.15, 0.2) is 6.20 Å². The normalized spacial score (nSPS) is 12.7. The summed E-state index contributed by atoms with van der Waals surface area (Å²) in [5.74, 6) is -0.939. The number of carboxylic acids is 1. The standard InChI is InChI=1S/C8H14N4O2/c1-2-3-6(9)7-4-12(11-10-7)5-8(13)14/h4,6H,2-3,5,9H2,1H3,(H,13,14). The summed E-state index contributed by atoms with van der Waals surface area (Å²) in [6.07, 6.45) is 3.37. The molecule has 78 valence electrons. The lowest BCUT2D eigenvalue weighted by atomic mass is 10.1. The Morgan fingerprint density at radius 3 is 3.07 bits per heavy atom. The first-order valence-electron chi connectivity index (χ1n) is 4.51. The molecular formula is C8H14N4O2. The quantitative estimate of drug-likeness (QED) is 0.703. The molecule has 0 bridgehead atoms. The molecule has 1 atom stereocenters. The Kier molecular flexibility index (Phi) is 3.58. The van der Waals surface area contributed by atoms with Gasteiger partial charge in [0, 0.05) is 0 Å². The number of nitrogens with two attached hydrogens (primary N) is 1. The van der Waals surface area contributed by atoms with Crippen molar-refractivity contribution in [3.05, 3.63) is 11.9 Å². The number of carboxylic acid groups (broad SMARTS) is 1. The summed E-state index contributed by atoms with van der Waals surface area (Å²) in [5, 5.41) is 16.0. The van der Waals surface area contributed by atoms with Crippen molar-refractivity contribution in [2.45, 2.75) is 32.4 Å². The van der Waals surface area contributed by atoms with Crippen LogP contribution in [0.4, 0.5) is 0 Å². The summed E-state index contributed by atoms with van der Waals surface area (Å²) < 4.78 is 1.27. The van der Waals surface area contributed by atoms with Crippen LogP contribution in [0, 0.1) is 0 Å². The molecule has 0 spiro atoms. The van der Waals surface area contributed by atoms with E-state index in [-0.39, 0.29) is 12.6 Å². The first-order chi connectivity index (χ1) is 6.63. The predicted octanol–water partition coefficient (Wildman–Crippen LogP) is 0.163. The topological polar surface area (TPSA) is 94.0 Å². The average Bonchev–Trinajstić information content (AvgIpc) is 2.52. The van der Waals surface area contributed by atoms with E-state index >= 15 is 0 Å². The molecule has 1 aromatic rings. The van der Waals surface area contributed by atoms with E-state index in [0.717, 1.165) is 12.8 Å². The molecule has 1 heterocycles. The third-order valence-corrected chi connectivity index (χ3v) is 1.83. The van der Waals surface area contributed by atoms with Crippen molar-refractivity contribution in [3.63, 3.8) is 0 Å². The molecule has 14 heavy (non-hydrogen) atoms. The second-order valence-electron chi connectivity index (χ2n) is 3.13. The zero-order valence-corrected chi connectivity index (χ0v) is 8.05. The SMILES string of the molecule is CCCC(N)c1cn(CC(=O)O)nn1. The smallest absolute Gasteiger partial charge is 0.325 e. The first-order valence-corrected chi connectivity index (χ1v) is 4.51. The zero-order chi connectivity index (χ0) is 10.6. The highest BCUT2D eigenvalue weighted by Crippen LogP contribution is 2.11. The van der Waals surface area contributed by atoms with Crippen LogP contribution < -0.4 is 5.73 Å². The first kappa shape index (κ1) is 10.6. The van der Waals surface area contributed by atoms with Gasteiger partial charge in [0.2, 0.25) is 0 Å². The van der Waals surface area contributed by atoms with Gasteiger partial charge in [-0.1, -0.05) is 18.6 Å². The second-order valence-corrected chi connectivity index (χ2v) is 3.13. The minimum atomic E-state index is -0.939. The molecule has 6 nitrogen and oxygen atoms in total. The predicted molar refractivity (Wildman–Crippen MR) is 49.5 cm³/mol. The van der Waals surface area contributed by atoms with Crippen molar-refractivity contribution in [2.24, 2.45) is 5.73 Å². The molecular weight excluding hydrogens is 184 g/mol. The highest BCUT2D eigenvalue weighted by atomic mass is 16.4. The second kappa shape index (κ2) is 4.71. The monoisotopic (exact) mass is 198 g/mol. The number of hydrogen-bond donors (Lipinski definition) is 2. The average molecular weight is 198 g/mol. The Hall–Kier alpha value is -1.43. The van der Waals surface area contributed by atoms with Crippen LogP contribution >= 0.6 is 0 Å². The summed E-state index contributed by atoms with van der Waals surface area (Å²) in [6.45, 7) is 1.85. The maximum absolute atomic E-state index is 10.4. The van der Waals surface area contributed by atoms with Crippen molar-refractivity contribution >= 4 is 5.97 Å². The minimum absolute atomic E-state index is 0.150. The van der Waals surface area contributed by atoms with E-state index in [2.05, 4.69) is 10.3 Å². The fraction of sp³-hybridized carbons (Fsp3) is 0.625. The van der Waals surface area contributed by atoms with Crippen molar-refractivity contribution in [2.75, 3.05) is 0 Å². The summed E-state index contributed by atoms with van der Waals surface area (Å²) in [4.78, 5) is 10.4. The Bertz CT molecular complexity index is 310. The summed E-state index contributed by atoms with van der Waals surface area (Å²) in [7, 11) is 0. The molecule has 1 aromatic heterocycles. The van der Waals surface area contributed by atoms with Gasteiger partial charge in [-0.2, -0.15) is 0 Å². The highest BCUT2D eigenvalue weighted by Gasteiger charge is 2.10. The lowest BCUT2D eigenvalue weighted by Crippen LogP contribution is -2.10. The Morgan fingerprint density at radius 1 is 1.79 bits per heavy atom. The molecule has 3 N–H and O–H groups in total. The van der Waals surface area contributed by atoms with E-state index in [0.29, 0.717) is 5.69 Å². The molecule has 0 saturated heterocycles. The van der Waals surface area contributed by atoms with Crippen LogP contribution in [0.25, 0.3) is 0 Å². The number of aliphatic carboxylic acids is 1. The van der Waals surface area contributed by atoms with Crippen molar-refractivity contribution in [1.82, 2.24) is 15.0 Å². The van der Waals surface area contributed by atoms with Gasteiger partial charge < -0.3 is 10.8 Å². The number of carbonyl (C=O) groups is 1. The van der Waals surface area contributed by atoms with Gasteiger partial charge in [-0.3, -0.25) is 4.79 Å². The zero-order valence-electron chi connectivity index (χ0n) is 8.05. The third-order valence-electron chi connectivity index (χ3n) is 1.83. The van der Waals surface area contributed by atoms with Gasteiger partial charge >= 0.3 is 5.97 Å². The van der Waals surface area contributed by atoms with Crippen molar-refractivity contribution in [3.8, 4) is 0 Å². The molecule has 0 aliphatic rings. The van der Waals surface area contributed by atoms with E-state index < -0.39 is 5.97 Å². The van der Waals surface area contributed by atoms with Gasteiger partial charge in [0.25, 0.3) is 0 Å². The molecule has 0 aliphatic carbocycles. The number of rotatable bonds is 5. The number of aromatic nitrogens is 3. The van der Waals surface area contributed by atoms with Gasteiger partial charge in [0.05, 0.1) is 17.9 Å². The summed E-state index contributed by atoms with van der Waals surface area (Å²) in [6, 6.07) is -0.150. The van der Waals surface area contributed by atoms with E-state index in [1.54, 1.807) is 6.20 Å². The lowest BCUT2D eigenvalue weighted by Gasteiger charge is -2.03. The molecule has 0 aliphatic heterocycles. The van der Waals surface area contributed by atoms with Crippen LogP contribution in [-0.4, -0.2) is 26.1 Å². The molecule has 1 unspecified atom stereocenters. The minimum Gasteiger partial charge on any atom is -0.480 e. The van der Waals surface area contributed by atoms with Crippen LogP contribution in [-0.2, 0) is 11.3 Å². The molecule has 0 saturated carbocycles. The van der Waals surface area contributed by atoms with Gasteiger partial charge in [-0.25, -0.2) is 4.68 Å². The Balaban J connectivity index is 2.62. The maximum atomic E-state index is 10.4. The van der Waals surface area contributed by atoms with Crippen LogP contribution in [0.5, 0.6) is 0 Å². The summed E-state index contributed by atoms with van der Waals surface area (Å²) >= 11 is 0. The number of hydrogen-bond acceptors (Lipinski definition) is 4. The summed E-state index contributed by atoms with van der Waals surface area (Å²) in [5.41, 5.74) is 6.43. The van der Waals surface area contributed by atoms with Gasteiger partial charge in [0.15, 0.2) is 0 Å². The van der Waals surface area contributed by atoms with Crippen LogP contribution in [0.1, 0.15) is 31.5 Å². The van der Waals surface area contributed by atoms with E-state index in [4.69, 9.17) is 10.8 Å². The van der Waals surface area contributed by atoms with Gasteiger partial charge in [0.1, 0.15) is 6.54 Å². The Morgan fingerprint density at radius 2 is 2.50 bits per heavy atom.